The van der Waals surface area contributed by atoms with Gasteiger partial charge in [-0.05, 0) is 50.8 Å². The molecule has 30 heteroatoms. The highest BCUT2D eigenvalue weighted by atomic mass is 35.5. The van der Waals surface area contributed by atoms with E-state index in [-0.39, 0.29) is 22.9 Å². The number of anilines is 2. The van der Waals surface area contributed by atoms with Crippen LogP contribution in [0.1, 0.15) is 80.1 Å². The topological polar surface area (TPSA) is 241 Å². The Hall–Kier alpha value is -8.66. The number of hydrogen-bond acceptors (Lipinski definition) is 14. The highest BCUT2D eigenvalue weighted by molar-refractivity contribution is 6.32. The molecule has 0 spiro atoms. The first-order valence-corrected chi connectivity index (χ1v) is 23.4. The fourth-order valence-electron chi connectivity index (χ4n) is 9.22. The number of alkyl halides is 4. The van der Waals surface area contributed by atoms with Gasteiger partial charge >= 0.3 is 12.1 Å². The number of aromatic nitrogens is 18. The van der Waals surface area contributed by atoms with Gasteiger partial charge in [-0.25, -0.2) is 38.3 Å². The van der Waals surface area contributed by atoms with Crippen molar-refractivity contribution in [2.75, 3.05) is 10.6 Å². The average molecular weight is 1090 g/mol. The summed E-state index contributed by atoms with van der Waals surface area (Å²) in [5.41, 5.74) is 3.61. The van der Waals surface area contributed by atoms with Gasteiger partial charge in [-0.2, -0.15) is 56.9 Å². The van der Waals surface area contributed by atoms with Crippen LogP contribution >= 0.6 is 23.2 Å². The largest absolute Gasteiger partial charge is 0.340 e. The van der Waals surface area contributed by atoms with Crippen LogP contribution in [0.3, 0.4) is 0 Å². The molecule has 76 heavy (non-hydrogen) atoms. The Labute approximate surface area is 433 Å². The van der Waals surface area contributed by atoms with Crippen LogP contribution in [0, 0.1) is 11.9 Å². The van der Waals surface area contributed by atoms with Crippen LogP contribution < -0.4 is 10.6 Å². The zero-order valence-corrected chi connectivity index (χ0v) is 41.4. The number of nitrogens with one attached hydrogen (secondary N) is 2. The minimum Gasteiger partial charge on any atom is -0.327 e. The van der Waals surface area contributed by atoms with Crippen molar-refractivity contribution in [1.29, 1.82) is 0 Å². The van der Waals surface area contributed by atoms with Gasteiger partial charge in [0, 0.05) is 78.3 Å². The van der Waals surface area contributed by atoms with E-state index in [1.807, 2.05) is 6.92 Å². The minimum atomic E-state index is -3.23. The Bertz CT molecular complexity index is 3800. The van der Waals surface area contributed by atoms with Gasteiger partial charge in [0.25, 0.3) is 0 Å². The summed E-state index contributed by atoms with van der Waals surface area (Å²) in [5.74, 6) is -1.88. The second-order valence-electron chi connectivity index (χ2n) is 18.1. The third-order valence-electron chi connectivity index (χ3n) is 12.9. The van der Waals surface area contributed by atoms with Crippen LogP contribution in [0.5, 0.6) is 0 Å². The highest BCUT2D eigenvalue weighted by Crippen LogP contribution is 2.50. The third-order valence-corrected chi connectivity index (χ3v) is 13.4. The fraction of sp³-hybridized carbons (Fsp3) is 0.261. The summed E-state index contributed by atoms with van der Waals surface area (Å²) in [4.78, 5) is 43.0. The summed E-state index contributed by atoms with van der Waals surface area (Å²) in [6, 6.07) is -0.812. The predicted molar refractivity (Wildman–Crippen MR) is 257 cm³/mol. The second-order valence-corrected chi connectivity index (χ2v) is 18.9. The molecule has 0 saturated heterocycles. The molecule has 2 aliphatic rings. The van der Waals surface area contributed by atoms with Gasteiger partial charge in [0.05, 0.1) is 88.3 Å². The van der Waals surface area contributed by atoms with E-state index in [0.29, 0.717) is 72.4 Å². The lowest BCUT2D eigenvalue weighted by molar-refractivity contribution is -0.117. The van der Waals surface area contributed by atoms with Crippen LogP contribution in [0.15, 0.2) is 98.6 Å². The molecule has 22 nitrogen and oxygen atoms in total. The number of rotatable bonds is 10. The van der Waals surface area contributed by atoms with Gasteiger partial charge in [-0.1, -0.05) is 23.2 Å². The van der Waals surface area contributed by atoms with E-state index in [2.05, 4.69) is 71.4 Å². The maximum atomic E-state index is 14.1. The normalized spacial score (nSPS) is 17.9. The molecule has 3 atom stereocenters. The van der Waals surface area contributed by atoms with E-state index in [9.17, 15) is 35.9 Å². The number of amides is 2. The van der Waals surface area contributed by atoms with E-state index in [4.69, 9.17) is 23.2 Å². The molecule has 10 aromatic rings. The number of fused-ring (bicyclic) bond motifs is 6. The number of carbonyl (C=O) groups excluding carboxylic acids is 2. The van der Waals surface area contributed by atoms with Crippen LogP contribution in [-0.4, -0.2) is 101 Å². The molecular formula is C46H38Cl2F6N20O2. The predicted octanol–water partition coefficient (Wildman–Crippen LogP) is 7.47. The van der Waals surface area contributed by atoms with E-state index >= 15 is 0 Å². The molecule has 12 rings (SSSR count). The fourth-order valence-corrected chi connectivity index (χ4v) is 9.71. The maximum absolute atomic E-state index is 14.1. The molecule has 2 amide bonds. The molecular weight excluding hydrogens is 1050 g/mol. The zero-order chi connectivity index (χ0) is 53.9. The van der Waals surface area contributed by atoms with Crippen LogP contribution in [0.2, 0.25) is 10.0 Å². The number of pyridine rings is 2. The first-order valence-electron chi connectivity index (χ1n) is 22.7. The van der Waals surface area contributed by atoms with Crippen molar-refractivity contribution < 1.29 is 35.9 Å². The molecule has 390 valence electrons. The smallest absolute Gasteiger partial charge is 0.327 e. The third kappa shape index (κ3) is 9.43. The molecule has 0 saturated carbocycles. The molecule has 2 N–H and O–H groups in total. The van der Waals surface area contributed by atoms with Gasteiger partial charge in [-0.15, -0.1) is 19.8 Å². The lowest BCUT2D eigenvalue weighted by Gasteiger charge is -2.24. The molecule has 0 fully saturated rings. The van der Waals surface area contributed by atoms with E-state index in [0.717, 1.165) is 37.6 Å². The summed E-state index contributed by atoms with van der Waals surface area (Å²) >= 11 is 12.3. The summed E-state index contributed by atoms with van der Waals surface area (Å²) in [7, 11) is 0. The van der Waals surface area contributed by atoms with Crippen molar-refractivity contribution in [1.82, 2.24) is 88.7 Å². The minimum absolute atomic E-state index is 0.161. The van der Waals surface area contributed by atoms with Crippen molar-refractivity contribution in [2.24, 2.45) is 0 Å². The Kier molecular flexibility index (Phi) is 12.9. The Morgan fingerprint density at radius 2 is 1.17 bits per heavy atom. The van der Waals surface area contributed by atoms with Crippen LogP contribution in [0.25, 0.3) is 22.9 Å². The number of aryl methyl sites for hydroxylation is 1. The van der Waals surface area contributed by atoms with Gasteiger partial charge in [-0.3, -0.25) is 9.59 Å². The SMILES string of the molecule is CC(F)(F)n1cc([C@@]2(C)CC(C(=O)Nc3cnc(-n4nccn4)c(Cl)c3)c3cnc4cc(F)nn4c32)cn1.CC(F)(F)n1cc([C@]2(C)CCc3cnc4cc(F)nn4c32)cn1.O=CNc1cnc(-n2nccn2)c(Cl)c1. The van der Waals surface area contributed by atoms with Crippen LogP contribution in [0.4, 0.5) is 37.7 Å². The van der Waals surface area contributed by atoms with Crippen molar-refractivity contribution >= 4 is 58.2 Å². The van der Waals surface area contributed by atoms with E-state index < -0.39 is 46.6 Å². The summed E-state index contributed by atoms with van der Waals surface area (Å²) in [5, 5.41) is 37.0. The number of hydrogen-bond donors (Lipinski definition) is 2. The Balaban J connectivity index is 0.000000146. The Morgan fingerprint density at radius 3 is 1.68 bits per heavy atom. The average Bonchev–Trinajstić information content (AvgIpc) is 4.22. The number of carbonyl (C=O) groups is 2. The quantitative estimate of drug-likeness (QED) is 0.0998. The van der Waals surface area contributed by atoms with E-state index in [1.54, 1.807) is 19.2 Å². The van der Waals surface area contributed by atoms with Crippen molar-refractivity contribution in [3.8, 4) is 11.6 Å². The van der Waals surface area contributed by atoms with E-state index in [1.165, 1.54) is 98.9 Å². The molecule has 10 heterocycles. The molecule has 0 bridgehead atoms. The summed E-state index contributed by atoms with van der Waals surface area (Å²) < 4.78 is 86.5. The monoisotopic (exact) mass is 1090 g/mol. The summed E-state index contributed by atoms with van der Waals surface area (Å²) in [6.45, 7) is 5.23. The lowest BCUT2D eigenvalue weighted by Crippen LogP contribution is -2.25. The number of halogens is 8. The van der Waals surface area contributed by atoms with Crippen LogP contribution in [-0.2, 0) is 38.9 Å². The first-order chi connectivity index (χ1) is 36.1. The number of nitrogens with zero attached hydrogens (tertiary/aromatic N) is 18. The van der Waals surface area contributed by atoms with Gasteiger partial charge in [0.1, 0.15) is 0 Å². The second kappa shape index (κ2) is 19.2. The molecule has 2 aliphatic carbocycles. The maximum Gasteiger partial charge on any atom is 0.340 e. The molecule has 0 aromatic carbocycles. The standard InChI is InChI=1S/C23H18ClF3N10O.C15H14F3N5.C8H6ClN5O/c1-22(12-8-32-35(11-12)23(2,26)27)7-14(15-10-28-18-6-17(25)34-36(18)19(15)22)21(38)33-13-5-16(24)20(29-9-13)37-30-3-4-31-37;1-14(10-7-20-22(8-10)15(2,17)18)4-3-9-6-19-12-5-11(16)21-23(12)13(9)14;9-7-3-6(11-5-15)4-10-8(7)14-12-1-2-13-14/h3-6,8-11,14H,7H2,1-2H3,(H,33,38);5-8H,3-4H2,1-2H3;1-5H,(H,11,15)/t14?,22-;14-;/m10./s1. The molecule has 0 aliphatic heterocycles. The molecule has 0 radical (unpaired) electrons. The van der Waals surface area contributed by atoms with Crippen molar-refractivity contribution in [3.63, 3.8) is 0 Å². The van der Waals surface area contributed by atoms with Crippen molar-refractivity contribution in [3.05, 3.63) is 154 Å². The van der Waals surface area contributed by atoms with Gasteiger partial charge in [0.15, 0.2) is 22.9 Å². The zero-order valence-electron chi connectivity index (χ0n) is 39.9. The van der Waals surface area contributed by atoms with Gasteiger partial charge in [0.2, 0.25) is 24.2 Å². The molecule has 1 unspecified atom stereocenters. The molecule has 10 aromatic heterocycles. The lowest BCUT2D eigenvalue weighted by atomic mass is 9.80. The van der Waals surface area contributed by atoms with Crippen molar-refractivity contribution in [2.45, 2.75) is 75.8 Å². The Morgan fingerprint density at radius 1 is 0.671 bits per heavy atom. The summed E-state index contributed by atoms with van der Waals surface area (Å²) in [6.07, 6.45) is 19.5. The highest BCUT2D eigenvalue weighted by Gasteiger charge is 2.48. The first kappa shape index (κ1) is 50.9. The van der Waals surface area contributed by atoms with Gasteiger partial charge < -0.3 is 10.6 Å².